The maximum atomic E-state index is 12.5. The van der Waals surface area contributed by atoms with E-state index >= 15 is 0 Å². The first-order valence-electron chi connectivity index (χ1n) is 8.84. The Hall–Kier alpha value is -1.43. The number of pyridine rings is 1. The van der Waals surface area contributed by atoms with Gasteiger partial charge in [0.1, 0.15) is 10.8 Å². The van der Waals surface area contributed by atoms with E-state index in [9.17, 15) is 18.5 Å². The Bertz CT molecular complexity index is 723. The van der Waals surface area contributed by atoms with Gasteiger partial charge in [-0.1, -0.05) is 27.2 Å². The first-order chi connectivity index (χ1) is 12.3. The molecule has 2 atom stereocenters. The largest absolute Gasteiger partial charge is 0.297 e. The highest BCUT2D eigenvalue weighted by Crippen LogP contribution is 2.24. The van der Waals surface area contributed by atoms with Crippen molar-refractivity contribution in [2.75, 3.05) is 18.8 Å². The summed E-state index contributed by atoms with van der Waals surface area (Å²) >= 11 is 1.53. The summed E-state index contributed by atoms with van der Waals surface area (Å²) in [6.07, 6.45) is 3.31. The van der Waals surface area contributed by atoms with Crippen molar-refractivity contribution in [3.05, 3.63) is 24.0 Å². The second-order valence-corrected chi connectivity index (χ2v) is 9.23. The molecule has 0 radical (unpaired) electrons. The molecule has 1 aromatic heterocycles. The molecule has 0 saturated heterocycles. The zero-order chi connectivity index (χ0) is 19.7. The summed E-state index contributed by atoms with van der Waals surface area (Å²) in [5.74, 6) is -0.305. The Kier molecular flexibility index (Phi) is 9.27. The highest BCUT2D eigenvalue weighted by atomic mass is 32.2. The molecule has 2 unspecified atom stereocenters. The van der Waals surface area contributed by atoms with Crippen molar-refractivity contribution >= 4 is 27.6 Å². The van der Waals surface area contributed by atoms with Crippen LogP contribution in [0.1, 0.15) is 52.1 Å². The van der Waals surface area contributed by atoms with Crippen molar-refractivity contribution in [2.24, 2.45) is 0 Å². The number of aromatic nitrogens is 1. The Balaban J connectivity index is 2.98. The van der Waals surface area contributed by atoms with Crippen LogP contribution in [0.5, 0.6) is 0 Å². The number of nitrogens with zero attached hydrogens (tertiary/aromatic N) is 3. The average molecular weight is 398 g/mol. The molecular weight excluding hydrogens is 370 g/mol. The van der Waals surface area contributed by atoms with Crippen molar-refractivity contribution in [3.63, 3.8) is 0 Å². The van der Waals surface area contributed by atoms with Crippen LogP contribution in [0.15, 0.2) is 23.2 Å². The summed E-state index contributed by atoms with van der Waals surface area (Å²) in [5.41, 5.74) is 0.291. The van der Waals surface area contributed by atoms with Crippen LogP contribution in [-0.2, 0) is 14.8 Å². The molecule has 0 spiro atoms. The summed E-state index contributed by atoms with van der Waals surface area (Å²) in [4.78, 5) is 16.7. The summed E-state index contributed by atoms with van der Waals surface area (Å²) in [5, 5.41) is 9.12. The van der Waals surface area contributed by atoms with E-state index in [1.54, 1.807) is 20.8 Å². The molecular formula is C18H27N3O3S2. The van der Waals surface area contributed by atoms with E-state index in [2.05, 4.69) is 11.9 Å². The van der Waals surface area contributed by atoms with E-state index < -0.39 is 15.9 Å². The fourth-order valence-electron chi connectivity index (χ4n) is 2.42. The number of carbonyl (C=O) groups excluding carboxylic acids is 1. The van der Waals surface area contributed by atoms with Crippen LogP contribution in [0.4, 0.5) is 0 Å². The van der Waals surface area contributed by atoms with Gasteiger partial charge < -0.3 is 0 Å². The van der Waals surface area contributed by atoms with Crippen molar-refractivity contribution in [3.8, 4) is 6.07 Å². The lowest BCUT2D eigenvalue weighted by atomic mass is 9.99. The van der Waals surface area contributed by atoms with E-state index in [1.807, 2.05) is 6.07 Å². The van der Waals surface area contributed by atoms with E-state index in [0.717, 1.165) is 18.6 Å². The minimum Gasteiger partial charge on any atom is -0.297 e. The summed E-state index contributed by atoms with van der Waals surface area (Å²) in [6, 6.07) is 4.89. The number of Topliss-reactive ketones (excluding diaryl/α,β-unsaturated/α-hetero) is 1. The number of hydrogen-bond acceptors (Lipinski definition) is 6. The van der Waals surface area contributed by atoms with Crippen LogP contribution in [0.2, 0.25) is 0 Å². The number of carbonyl (C=O) groups is 1. The van der Waals surface area contributed by atoms with Gasteiger partial charge in [0.25, 0.3) is 0 Å². The molecule has 0 fully saturated rings. The number of nitriles is 1. The summed E-state index contributed by atoms with van der Waals surface area (Å²) in [7, 11) is -3.60. The van der Waals surface area contributed by atoms with Gasteiger partial charge in [-0.15, -0.1) is 0 Å². The fourth-order valence-corrected chi connectivity index (χ4v) is 4.94. The Morgan fingerprint density at radius 3 is 2.42 bits per heavy atom. The van der Waals surface area contributed by atoms with E-state index in [0.29, 0.717) is 18.8 Å². The number of ketones is 1. The van der Waals surface area contributed by atoms with Crippen LogP contribution in [0, 0.1) is 11.3 Å². The molecule has 6 nitrogen and oxygen atoms in total. The molecule has 0 aliphatic heterocycles. The molecule has 0 aliphatic carbocycles. The molecule has 0 aromatic carbocycles. The van der Waals surface area contributed by atoms with Crippen LogP contribution < -0.4 is 0 Å². The standard InChI is InChI=1S/C18H27N3O3S2/c1-5-8-11-25-14(4)18(22)16(12-19)17-10-9-15(13-20-17)26(23,24)21(6-2)7-3/h9-10,13-14,16H,5-8,11H2,1-4H3. The number of unbranched alkanes of at least 4 members (excludes halogenated alkanes) is 1. The molecule has 1 aromatic rings. The van der Waals surface area contributed by atoms with Crippen molar-refractivity contribution in [2.45, 2.75) is 56.6 Å². The van der Waals surface area contributed by atoms with Gasteiger partial charge in [0, 0.05) is 19.3 Å². The fraction of sp³-hybridized carbons (Fsp3) is 0.611. The lowest BCUT2D eigenvalue weighted by Crippen LogP contribution is -2.30. The van der Waals surface area contributed by atoms with Gasteiger partial charge in [0.2, 0.25) is 10.0 Å². The molecule has 1 rings (SSSR count). The Morgan fingerprint density at radius 2 is 1.96 bits per heavy atom. The smallest absolute Gasteiger partial charge is 0.244 e. The van der Waals surface area contributed by atoms with Crippen LogP contribution in [0.25, 0.3) is 0 Å². The number of sulfonamides is 1. The zero-order valence-electron chi connectivity index (χ0n) is 15.8. The first kappa shape index (κ1) is 22.6. The summed E-state index contributed by atoms with van der Waals surface area (Å²) < 4.78 is 26.3. The Labute approximate surface area is 161 Å². The van der Waals surface area contributed by atoms with Crippen LogP contribution in [0.3, 0.4) is 0 Å². The lowest BCUT2D eigenvalue weighted by molar-refractivity contribution is -0.118. The zero-order valence-corrected chi connectivity index (χ0v) is 17.4. The maximum Gasteiger partial charge on any atom is 0.244 e. The molecule has 144 valence electrons. The molecule has 1 heterocycles. The first-order valence-corrected chi connectivity index (χ1v) is 11.3. The normalized spacial score (nSPS) is 14.0. The predicted octanol–water partition coefficient (Wildman–Crippen LogP) is 3.21. The lowest BCUT2D eigenvalue weighted by Gasteiger charge is -2.18. The maximum absolute atomic E-state index is 12.5. The van der Waals surface area contributed by atoms with Gasteiger partial charge in [-0.25, -0.2) is 8.42 Å². The minimum absolute atomic E-state index is 0.0689. The van der Waals surface area contributed by atoms with Crippen LogP contribution in [-0.4, -0.2) is 47.6 Å². The minimum atomic E-state index is -3.60. The highest BCUT2D eigenvalue weighted by Gasteiger charge is 2.28. The van der Waals surface area contributed by atoms with Gasteiger partial charge in [-0.3, -0.25) is 9.78 Å². The highest BCUT2D eigenvalue weighted by molar-refractivity contribution is 8.00. The van der Waals surface area contributed by atoms with Crippen molar-refractivity contribution in [1.29, 1.82) is 5.26 Å². The van der Waals surface area contributed by atoms with E-state index in [-0.39, 0.29) is 15.9 Å². The summed E-state index contributed by atoms with van der Waals surface area (Å²) in [6.45, 7) is 8.16. The van der Waals surface area contributed by atoms with Crippen molar-refractivity contribution in [1.82, 2.24) is 9.29 Å². The van der Waals surface area contributed by atoms with E-state index in [4.69, 9.17) is 0 Å². The topological polar surface area (TPSA) is 91.1 Å². The quantitative estimate of drug-likeness (QED) is 0.533. The second kappa shape index (κ2) is 10.7. The van der Waals surface area contributed by atoms with Crippen molar-refractivity contribution < 1.29 is 13.2 Å². The monoisotopic (exact) mass is 397 g/mol. The van der Waals surface area contributed by atoms with Gasteiger partial charge in [-0.2, -0.15) is 21.3 Å². The van der Waals surface area contributed by atoms with Gasteiger partial charge in [0.15, 0.2) is 5.78 Å². The van der Waals surface area contributed by atoms with Gasteiger partial charge in [0.05, 0.1) is 17.0 Å². The Morgan fingerprint density at radius 1 is 1.31 bits per heavy atom. The predicted molar refractivity (Wildman–Crippen MR) is 105 cm³/mol. The van der Waals surface area contributed by atoms with E-state index in [1.165, 1.54) is 34.4 Å². The number of rotatable bonds is 11. The average Bonchev–Trinajstić information content (AvgIpc) is 2.63. The van der Waals surface area contributed by atoms with Crippen LogP contribution >= 0.6 is 11.8 Å². The molecule has 0 bridgehead atoms. The van der Waals surface area contributed by atoms with Gasteiger partial charge >= 0.3 is 0 Å². The molecule has 26 heavy (non-hydrogen) atoms. The molecule has 0 N–H and O–H groups in total. The third-order valence-corrected chi connectivity index (χ3v) is 7.37. The second-order valence-electron chi connectivity index (χ2n) is 5.84. The molecule has 0 aliphatic rings. The SMILES string of the molecule is CCCCSC(C)C(=O)C(C#N)c1ccc(S(=O)(=O)N(CC)CC)cn1. The third-order valence-electron chi connectivity index (χ3n) is 4.08. The molecule has 0 saturated carbocycles. The number of thioether (sulfide) groups is 1. The van der Waals surface area contributed by atoms with Gasteiger partial charge in [-0.05, 0) is 31.2 Å². The third kappa shape index (κ3) is 5.53. The molecule has 8 heteroatoms. The molecule has 0 amide bonds. The number of hydrogen-bond donors (Lipinski definition) is 0.